The van der Waals surface area contributed by atoms with Crippen LogP contribution in [0.4, 0.5) is 4.79 Å². The monoisotopic (exact) mass is 311 g/mol. The highest BCUT2D eigenvalue weighted by molar-refractivity contribution is 5.74. The molecule has 128 valence electrons. The molecule has 0 spiro atoms. The molecule has 1 atom stereocenters. The molecule has 0 bridgehead atoms. The maximum Gasteiger partial charge on any atom is 0.315 e. The van der Waals surface area contributed by atoms with Gasteiger partial charge >= 0.3 is 6.03 Å². The summed E-state index contributed by atoms with van der Waals surface area (Å²) in [5, 5.41) is 6.24. The van der Waals surface area contributed by atoms with E-state index >= 15 is 0 Å². The number of carbonyl (C=O) groups excluding carboxylic acids is 1. The van der Waals surface area contributed by atoms with Crippen LogP contribution >= 0.6 is 0 Å². The Balaban J connectivity index is 1.78. The van der Waals surface area contributed by atoms with Crippen LogP contribution in [0, 0.1) is 5.92 Å². The van der Waals surface area contributed by atoms with Gasteiger partial charge in [-0.3, -0.25) is 0 Å². The minimum absolute atomic E-state index is 0.0224. The van der Waals surface area contributed by atoms with Crippen molar-refractivity contribution < 1.29 is 9.53 Å². The standard InChI is InChI=1S/C17H33N3O2/c1-14(15-7-5-4-6-8-15)19-16(21)18-13-17(20(2)3)9-11-22-12-10-17/h14-15H,4-13H2,1-3H3,(H2,18,19,21)/t14-/m1/s1. The molecule has 2 rings (SSSR count). The number of nitrogens with zero attached hydrogens (tertiary/aromatic N) is 1. The second-order valence-electron chi connectivity index (χ2n) is 7.24. The molecular weight excluding hydrogens is 278 g/mol. The molecule has 5 heteroatoms. The maximum absolute atomic E-state index is 12.2. The van der Waals surface area contributed by atoms with Gasteiger partial charge in [0.25, 0.3) is 0 Å². The molecule has 22 heavy (non-hydrogen) atoms. The quantitative estimate of drug-likeness (QED) is 0.819. The van der Waals surface area contributed by atoms with E-state index in [0.717, 1.165) is 26.1 Å². The Morgan fingerprint density at radius 2 is 1.86 bits per heavy atom. The van der Waals surface area contributed by atoms with Gasteiger partial charge in [-0.05, 0) is 52.6 Å². The van der Waals surface area contributed by atoms with Gasteiger partial charge in [-0.25, -0.2) is 4.79 Å². The zero-order chi connectivity index (χ0) is 16.0. The summed E-state index contributed by atoms with van der Waals surface area (Å²) >= 11 is 0. The van der Waals surface area contributed by atoms with Gasteiger partial charge in [0, 0.05) is 31.3 Å². The Morgan fingerprint density at radius 3 is 2.45 bits per heavy atom. The van der Waals surface area contributed by atoms with E-state index in [1.54, 1.807) is 0 Å². The van der Waals surface area contributed by atoms with Crippen molar-refractivity contribution in [1.29, 1.82) is 0 Å². The first kappa shape index (κ1) is 17.5. The number of rotatable bonds is 5. The molecule has 1 saturated carbocycles. The minimum Gasteiger partial charge on any atom is -0.381 e. The van der Waals surface area contributed by atoms with Crippen LogP contribution in [0.25, 0.3) is 0 Å². The van der Waals surface area contributed by atoms with Crippen molar-refractivity contribution in [3.8, 4) is 0 Å². The molecule has 2 fully saturated rings. The summed E-state index contributed by atoms with van der Waals surface area (Å²) in [4.78, 5) is 14.5. The average Bonchev–Trinajstić information content (AvgIpc) is 2.54. The lowest BCUT2D eigenvalue weighted by Crippen LogP contribution is -2.57. The van der Waals surface area contributed by atoms with Crippen molar-refractivity contribution in [2.75, 3.05) is 33.9 Å². The molecule has 1 saturated heterocycles. The molecular formula is C17H33N3O2. The van der Waals surface area contributed by atoms with Crippen molar-refractivity contribution in [2.45, 2.75) is 63.5 Å². The topological polar surface area (TPSA) is 53.6 Å². The number of hydrogen-bond donors (Lipinski definition) is 2. The van der Waals surface area contributed by atoms with Gasteiger partial charge in [-0.1, -0.05) is 19.3 Å². The smallest absolute Gasteiger partial charge is 0.315 e. The van der Waals surface area contributed by atoms with Crippen LogP contribution in [0.2, 0.25) is 0 Å². The predicted molar refractivity (Wildman–Crippen MR) is 89.0 cm³/mol. The van der Waals surface area contributed by atoms with Gasteiger partial charge in [0.15, 0.2) is 0 Å². The van der Waals surface area contributed by atoms with Crippen LogP contribution in [0.15, 0.2) is 0 Å². The van der Waals surface area contributed by atoms with Crippen molar-refractivity contribution in [1.82, 2.24) is 15.5 Å². The van der Waals surface area contributed by atoms with Crippen molar-refractivity contribution in [3.63, 3.8) is 0 Å². The number of nitrogens with one attached hydrogen (secondary N) is 2. The van der Waals surface area contributed by atoms with Crippen LogP contribution in [-0.2, 0) is 4.74 Å². The summed E-state index contributed by atoms with van der Waals surface area (Å²) in [6.45, 7) is 4.39. The fourth-order valence-electron chi connectivity index (χ4n) is 3.79. The van der Waals surface area contributed by atoms with E-state index in [1.807, 2.05) is 0 Å². The molecule has 1 aliphatic carbocycles. The fraction of sp³-hybridized carbons (Fsp3) is 0.941. The largest absolute Gasteiger partial charge is 0.381 e. The number of hydrogen-bond acceptors (Lipinski definition) is 3. The van der Waals surface area contributed by atoms with E-state index in [-0.39, 0.29) is 17.6 Å². The number of ether oxygens (including phenoxy) is 1. The number of likely N-dealkylation sites (N-methyl/N-ethyl adjacent to an activating group) is 1. The normalized spacial score (nSPS) is 24.0. The minimum atomic E-state index is -0.0224. The summed E-state index contributed by atoms with van der Waals surface area (Å²) in [7, 11) is 4.19. The second kappa shape index (κ2) is 8.16. The van der Waals surface area contributed by atoms with E-state index in [1.165, 1.54) is 32.1 Å². The maximum atomic E-state index is 12.2. The SMILES string of the molecule is C[C@@H](NC(=O)NCC1(N(C)C)CCOCC1)C1CCCCC1. The molecule has 0 aromatic carbocycles. The molecule has 2 N–H and O–H groups in total. The van der Waals surface area contributed by atoms with Gasteiger partial charge in [0.05, 0.1) is 0 Å². The number of amides is 2. The Hall–Kier alpha value is -0.810. The number of carbonyl (C=O) groups is 1. The van der Waals surface area contributed by atoms with E-state index in [9.17, 15) is 4.79 Å². The number of urea groups is 1. The summed E-state index contributed by atoms with van der Waals surface area (Å²) in [5.74, 6) is 0.644. The van der Waals surface area contributed by atoms with Gasteiger partial charge in [0.2, 0.25) is 0 Å². The molecule has 0 aromatic rings. The van der Waals surface area contributed by atoms with Crippen LogP contribution in [-0.4, -0.2) is 56.4 Å². The summed E-state index contributed by atoms with van der Waals surface area (Å²) < 4.78 is 5.47. The third-order valence-electron chi connectivity index (χ3n) is 5.67. The van der Waals surface area contributed by atoms with Crippen molar-refractivity contribution in [3.05, 3.63) is 0 Å². The van der Waals surface area contributed by atoms with Crippen molar-refractivity contribution in [2.24, 2.45) is 5.92 Å². The second-order valence-corrected chi connectivity index (χ2v) is 7.24. The molecule has 0 unspecified atom stereocenters. The molecule has 2 amide bonds. The first-order chi connectivity index (χ1) is 10.5. The van der Waals surface area contributed by atoms with Gasteiger partial charge in [0.1, 0.15) is 0 Å². The zero-order valence-corrected chi connectivity index (χ0v) is 14.5. The first-order valence-corrected chi connectivity index (χ1v) is 8.83. The first-order valence-electron chi connectivity index (χ1n) is 8.83. The Kier molecular flexibility index (Phi) is 6.50. The van der Waals surface area contributed by atoms with E-state index < -0.39 is 0 Å². The molecule has 1 heterocycles. The third-order valence-corrected chi connectivity index (χ3v) is 5.67. The Bertz CT molecular complexity index is 348. The van der Waals surface area contributed by atoms with Crippen molar-refractivity contribution >= 4 is 6.03 Å². The molecule has 5 nitrogen and oxygen atoms in total. The zero-order valence-electron chi connectivity index (χ0n) is 14.5. The molecule has 2 aliphatic rings. The predicted octanol–water partition coefficient (Wildman–Crippen LogP) is 2.37. The van der Waals surface area contributed by atoms with Gasteiger partial charge < -0.3 is 20.3 Å². The molecule has 0 radical (unpaired) electrons. The van der Waals surface area contributed by atoms with E-state index in [4.69, 9.17) is 4.74 Å². The highest BCUT2D eigenvalue weighted by Crippen LogP contribution is 2.27. The lowest BCUT2D eigenvalue weighted by molar-refractivity contribution is -0.00577. The Morgan fingerprint density at radius 1 is 1.23 bits per heavy atom. The van der Waals surface area contributed by atoms with Gasteiger partial charge in [-0.15, -0.1) is 0 Å². The average molecular weight is 311 g/mol. The van der Waals surface area contributed by atoms with Crippen LogP contribution < -0.4 is 10.6 Å². The Labute approximate surface area is 135 Å². The molecule has 1 aliphatic heterocycles. The van der Waals surface area contributed by atoms with Crippen LogP contribution in [0.1, 0.15) is 51.9 Å². The third kappa shape index (κ3) is 4.59. The highest BCUT2D eigenvalue weighted by Gasteiger charge is 2.35. The van der Waals surface area contributed by atoms with Crippen LogP contribution in [0.3, 0.4) is 0 Å². The fourth-order valence-corrected chi connectivity index (χ4v) is 3.79. The van der Waals surface area contributed by atoms with E-state index in [0.29, 0.717) is 12.5 Å². The highest BCUT2D eigenvalue weighted by atomic mass is 16.5. The van der Waals surface area contributed by atoms with E-state index in [2.05, 4.69) is 36.6 Å². The summed E-state index contributed by atoms with van der Waals surface area (Å²) in [6.07, 6.45) is 8.41. The van der Waals surface area contributed by atoms with Crippen LogP contribution in [0.5, 0.6) is 0 Å². The lowest BCUT2D eigenvalue weighted by Gasteiger charge is -2.43. The lowest BCUT2D eigenvalue weighted by atomic mass is 9.84. The summed E-state index contributed by atoms with van der Waals surface area (Å²) in [6, 6.07) is 0.246. The summed E-state index contributed by atoms with van der Waals surface area (Å²) in [5.41, 5.74) is 0.0314. The van der Waals surface area contributed by atoms with Gasteiger partial charge in [-0.2, -0.15) is 0 Å². The molecule has 0 aromatic heterocycles.